The molecule has 0 atom stereocenters. The van der Waals surface area contributed by atoms with Crippen molar-refractivity contribution in [2.45, 2.75) is 51.2 Å². The fraction of sp³-hybridized carbons (Fsp3) is 0.421. The first-order valence-corrected chi connectivity index (χ1v) is 13.6. The molecular weight excluding hydrogens is 348 g/mol. The van der Waals surface area contributed by atoms with Crippen molar-refractivity contribution in [2.24, 2.45) is 0 Å². The second-order valence-corrected chi connectivity index (χ2v) is 14.7. The standard InChI is InChI=1S/C19H26N2O2SSi/c1-14-8-10-17(11-9-14)24(22,23)21-12-6-7-16-13-15(2)20-19(18(16)21)25(3,4)5/h8-11,13H,6-7,12H2,1-5H3. The van der Waals surface area contributed by atoms with E-state index >= 15 is 0 Å². The molecule has 0 spiro atoms. The molecule has 0 N–H and O–H groups in total. The van der Waals surface area contributed by atoms with Gasteiger partial charge in [-0.15, -0.1) is 0 Å². The van der Waals surface area contributed by atoms with Gasteiger partial charge in [0.1, 0.15) is 8.07 Å². The van der Waals surface area contributed by atoms with E-state index in [2.05, 4.69) is 25.7 Å². The Balaban J connectivity index is 2.21. The molecule has 0 saturated carbocycles. The second kappa shape index (κ2) is 6.25. The molecule has 1 aliphatic rings. The predicted molar refractivity (Wildman–Crippen MR) is 106 cm³/mol. The van der Waals surface area contributed by atoms with Gasteiger partial charge in [-0.25, -0.2) is 8.42 Å². The Morgan fingerprint density at radius 3 is 2.32 bits per heavy atom. The summed E-state index contributed by atoms with van der Waals surface area (Å²) in [5.41, 5.74) is 3.99. The quantitative estimate of drug-likeness (QED) is 0.774. The molecule has 25 heavy (non-hydrogen) atoms. The zero-order valence-corrected chi connectivity index (χ0v) is 17.4. The predicted octanol–water partition coefficient (Wildman–Crippen LogP) is 3.39. The number of hydrogen-bond donors (Lipinski definition) is 0. The SMILES string of the molecule is Cc1ccc(S(=O)(=O)N2CCCc3cc(C)nc([Si](C)(C)C)c32)cc1. The van der Waals surface area contributed by atoms with Crippen molar-refractivity contribution in [1.82, 2.24) is 4.98 Å². The fourth-order valence-corrected chi connectivity index (χ4v) is 6.48. The molecule has 2 aromatic rings. The van der Waals surface area contributed by atoms with Crippen LogP contribution in [0.1, 0.15) is 23.2 Å². The normalized spacial score (nSPS) is 15.2. The van der Waals surface area contributed by atoms with Crippen LogP contribution in [0.5, 0.6) is 0 Å². The summed E-state index contributed by atoms with van der Waals surface area (Å²) in [6.07, 6.45) is 1.75. The third-order valence-corrected chi connectivity index (χ3v) is 8.16. The molecule has 0 saturated heterocycles. The molecule has 0 amide bonds. The molecule has 2 heterocycles. The number of pyridine rings is 1. The molecule has 0 aliphatic carbocycles. The monoisotopic (exact) mass is 374 g/mol. The van der Waals surface area contributed by atoms with E-state index in [0.29, 0.717) is 11.4 Å². The van der Waals surface area contributed by atoms with Crippen LogP contribution in [0.4, 0.5) is 5.69 Å². The molecule has 1 aromatic heterocycles. The molecular formula is C19H26N2O2SSi. The fourth-order valence-electron chi connectivity index (χ4n) is 3.33. The summed E-state index contributed by atoms with van der Waals surface area (Å²) in [6.45, 7) is 11.1. The first-order chi connectivity index (χ1) is 11.6. The van der Waals surface area contributed by atoms with E-state index in [4.69, 9.17) is 4.98 Å². The molecule has 1 aromatic carbocycles. The van der Waals surface area contributed by atoms with Gasteiger partial charge in [-0.1, -0.05) is 37.3 Å². The van der Waals surface area contributed by atoms with Crippen molar-refractivity contribution < 1.29 is 8.42 Å². The van der Waals surface area contributed by atoms with Crippen molar-refractivity contribution in [3.8, 4) is 0 Å². The van der Waals surface area contributed by atoms with E-state index < -0.39 is 18.1 Å². The summed E-state index contributed by atoms with van der Waals surface area (Å²) in [5.74, 6) is 0. The van der Waals surface area contributed by atoms with Crippen molar-refractivity contribution in [3.63, 3.8) is 0 Å². The maximum absolute atomic E-state index is 13.3. The highest BCUT2D eigenvalue weighted by Crippen LogP contribution is 2.32. The number of anilines is 1. The Morgan fingerprint density at radius 2 is 1.72 bits per heavy atom. The van der Waals surface area contributed by atoms with E-state index in [1.165, 1.54) is 0 Å². The lowest BCUT2D eigenvalue weighted by Crippen LogP contribution is -2.48. The van der Waals surface area contributed by atoms with Crippen LogP contribution in [-0.4, -0.2) is 28.0 Å². The molecule has 0 unspecified atom stereocenters. The minimum absolute atomic E-state index is 0.355. The van der Waals surface area contributed by atoms with Crippen LogP contribution in [-0.2, 0) is 16.4 Å². The van der Waals surface area contributed by atoms with E-state index in [1.807, 2.05) is 26.0 Å². The zero-order chi connectivity index (χ0) is 18.4. The Bertz CT molecular complexity index is 900. The smallest absolute Gasteiger partial charge is 0.264 e. The Hall–Kier alpha value is -1.66. The molecule has 1 aliphatic heterocycles. The summed E-state index contributed by atoms with van der Waals surface area (Å²) in [7, 11) is -5.36. The van der Waals surface area contributed by atoms with Crippen molar-refractivity contribution in [2.75, 3.05) is 10.8 Å². The minimum atomic E-state index is -3.57. The van der Waals surface area contributed by atoms with Crippen LogP contribution in [0.2, 0.25) is 19.6 Å². The first kappa shape index (κ1) is 18.1. The van der Waals surface area contributed by atoms with Gasteiger partial charge in [0.05, 0.1) is 10.6 Å². The Kier molecular flexibility index (Phi) is 4.53. The average Bonchev–Trinajstić information content (AvgIpc) is 2.52. The number of nitrogens with zero attached hydrogens (tertiary/aromatic N) is 2. The third-order valence-electron chi connectivity index (χ3n) is 4.58. The summed E-state index contributed by atoms with van der Waals surface area (Å²) >= 11 is 0. The summed E-state index contributed by atoms with van der Waals surface area (Å²) in [4.78, 5) is 5.14. The van der Waals surface area contributed by atoms with Crippen LogP contribution in [0.15, 0.2) is 35.2 Å². The second-order valence-electron chi connectivity index (χ2n) is 7.86. The van der Waals surface area contributed by atoms with E-state index in [-0.39, 0.29) is 0 Å². The number of hydrogen-bond acceptors (Lipinski definition) is 3. The van der Waals surface area contributed by atoms with Crippen LogP contribution in [0, 0.1) is 13.8 Å². The Morgan fingerprint density at radius 1 is 1.08 bits per heavy atom. The van der Waals surface area contributed by atoms with Gasteiger partial charge in [-0.2, -0.15) is 0 Å². The van der Waals surface area contributed by atoms with Gasteiger partial charge >= 0.3 is 0 Å². The van der Waals surface area contributed by atoms with Gasteiger partial charge in [-0.05, 0) is 50.5 Å². The van der Waals surface area contributed by atoms with Crippen molar-refractivity contribution in [1.29, 1.82) is 0 Å². The lowest BCUT2D eigenvalue weighted by Gasteiger charge is -2.35. The molecule has 0 fully saturated rings. The maximum atomic E-state index is 13.3. The lowest BCUT2D eigenvalue weighted by atomic mass is 10.0. The third kappa shape index (κ3) is 3.37. The minimum Gasteiger partial charge on any atom is -0.265 e. The van der Waals surface area contributed by atoms with Crippen LogP contribution >= 0.6 is 0 Å². The molecule has 6 heteroatoms. The molecule has 4 nitrogen and oxygen atoms in total. The Labute approximate surface area is 152 Å². The molecule has 3 rings (SSSR count). The number of rotatable bonds is 3. The number of sulfonamides is 1. The van der Waals surface area contributed by atoms with Gasteiger partial charge in [0.2, 0.25) is 0 Å². The van der Waals surface area contributed by atoms with Gasteiger partial charge in [0.15, 0.2) is 0 Å². The van der Waals surface area contributed by atoms with E-state index in [1.54, 1.807) is 16.4 Å². The zero-order valence-electron chi connectivity index (χ0n) is 15.6. The van der Waals surface area contributed by atoms with Gasteiger partial charge < -0.3 is 0 Å². The number of benzene rings is 1. The molecule has 0 bridgehead atoms. The van der Waals surface area contributed by atoms with Gasteiger partial charge in [0, 0.05) is 17.6 Å². The molecule has 134 valence electrons. The summed E-state index contributed by atoms with van der Waals surface area (Å²) in [5, 5.41) is 0.998. The lowest BCUT2D eigenvalue weighted by molar-refractivity contribution is 0.586. The average molecular weight is 375 g/mol. The van der Waals surface area contributed by atoms with Crippen LogP contribution in [0.3, 0.4) is 0 Å². The van der Waals surface area contributed by atoms with Gasteiger partial charge in [0.25, 0.3) is 10.0 Å². The van der Waals surface area contributed by atoms with Gasteiger partial charge in [-0.3, -0.25) is 9.29 Å². The summed E-state index contributed by atoms with van der Waals surface area (Å²) < 4.78 is 28.3. The first-order valence-electron chi connectivity index (χ1n) is 8.71. The van der Waals surface area contributed by atoms with Crippen LogP contribution in [0.25, 0.3) is 0 Å². The van der Waals surface area contributed by atoms with E-state index in [0.717, 1.165) is 40.7 Å². The highest BCUT2D eigenvalue weighted by atomic mass is 32.2. The van der Waals surface area contributed by atoms with Crippen molar-refractivity contribution >= 4 is 29.1 Å². The largest absolute Gasteiger partial charge is 0.265 e. The number of fused-ring (bicyclic) bond motifs is 1. The summed E-state index contributed by atoms with van der Waals surface area (Å²) in [6, 6.07) is 9.16. The highest BCUT2D eigenvalue weighted by Gasteiger charge is 2.35. The van der Waals surface area contributed by atoms with Crippen molar-refractivity contribution in [3.05, 3.63) is 47.2 Å². The van der Waals surface area contributed by atoms with E-state index in [9.17, 15) is 8.42 Å². The maximum Gasteiger partial charge on any atom is 0.264 e. The number of aryl methyl sites for hydroxylation is 3. The molecule has 0 radical (unpaired) electrons. The topological polar surface area (TPSA) is 50.3 Å². The highest BCUT2D eigenvalue weighted by molar-refractivity contribution is 7.92. The van der Waals surface area contributed by atoms with Crippen LogP contribution < -0.4 is 9.62 Å². The number of aromatic nitrogens is 1.